The monoisotopic (exact) mass is 248 g/mol. The van der Waals surface area contributed by atoms with E-state index >= 15 is 0 Å². The van der Waals surface area contributed by atoms with Gasteiger partial charge in [0.1, 0.15) is 11.4 Å². The van der Waals surface area contributed by atoms with Crippen molar-refractivity contribution in [3.05, 3.63) is 23.8 Å². The van der Waals surface area contributed by atoms with Crippen LogP contribution < -0.4 is 5.32 Å². The summed E-state index contributed by atoms with van der Waals surface area (Å²) in [6, 6.07) is 0.218. The number of hydrogen-bond donors (Lipinski definition) is 1. The van der Waals surface area contributed by atoms with Crippen LogP contribution in [0.4, 0.5) is 0 Å². The molecular formula is C12H20N6. The Labute approximate surface area is 107 Å². The highest BCUT2D eigenvalue weighted by Gasteiger charge is 2.16. The molecule has 98 valence electrons. The predicted octanol–water partition coefficient (Wildman–Crippen LogP) is 1.37. The summed E-state index contributed by atoms with van der Waals surface area (Å²) < 4.78 is 3.58. The molecule has 1 atom stereocenters. The van der Waals surface area contributed by atoms with Crippen LogP contribution in [0, 0.1) is 6.92 Å². The minimum Gasteiger partial charge on any atom is -0.309 e. The van der Waals surface area contributed by atoms with Crippen molar-refractivity contribution in [2.45, 2.75) is 33.2 Å². The normalized spacial score (nSPS) is 12.9. The van der Waals surface area contributed by atoms with Gasteiger partial charge in [-0.15, -0.1) is 5.10 Å². The first-order valence-corrected chi connectivity index (χ1v) is 6.28. The molecule has 0 saturated heterocycles. The van der Waals surface area contributed by atoms with Crippen LogP contribution in [-0.4, -0.2) is 31.3 Å². The lowest BCUT2D eigenvalue weighted by atomic mass is 10.2. The average molecular weight is 248 g/mol. The molecule has 18 heavy (non-hydrogen) atoms. The summed E-state index contributed by atoms with van der Waals surface area (Å²) in [6.07, 6.45) is 4.82. The highest BCUT2D eigenvalue weighted by molar-refractivity contribution is 5.28. The SMILES string of the molecule is CCCNC(C)c1nnn(-c2cnn(C)c2)c1C. The summed E-state index contributed by atoms with van der Waals surface area (Å²) in [5.74, 6) is 0. The number of aromatic nitrogens is 5. The molecule has 0 aliphatic heterocycles. The van der Waals surface area contributed by atoms with Gasteiger partial charge < -0.3 is 5.32 Å². The van der Waals surface area contributed by atoms with E-state index < -0.39 is 0 Å². The largest absolute Gasteiger partial charge is 0.309 e. The number of hydrogen-bond acceptors (Lipinski definition) is 4. The van der Waals surface area contributed by atoms with Crippen LogP contribution >= 0.6 is 0 Å². The van der Waals surface area contributed by atoms with E-state index in [1.165, 1.54) is 0 Å². The molecule has 0 saturated carbocycles. The van der Waals surface area contributed by atoms with Crippen molar-refractivity contribution in [1.29, 1.82) is 0 Å². The highest BCUT2D eigenvalue weighted by atomic mass is 15.4. The van der Waals surface area contributed by atoms with Gasteiger partial charge in [0.15, 0.2) is 0 Å². The van der Waals surface area contributed by atoms with E-state index in [9.17, 15) is 0 Å². The van der Waals surface area contributed by atoms with Crippen LogP contribution in [0.2, 0.25) is 0 Å². The van der Waals surface area contributed by atoms with E-state index in [1.807, 2.05) is 24.9 Å². The molecule has 2 aromatic heterocycles. The first-order chi connectivity index (χ1) is 8.63. The van der Waals surface area contributed by atoms with Gasteiger partial charge in [-0.2, -0.15) is 5.10 Å². The molecule has 0 bridgehead atoms. The fourth-order valence-corrected chi connectivity index (χ4v) is 1.96. The fraction of sp³-hybridized carbons (Fsp3) is 0.583. The molecule has 0 aliphatic rings. The zero-order chi connectivity index (χ0) is 13.1. The minimum atomic E-state index is 0.218. The van der Waals surface area contributed by atoms with Crippen molar-refractivity contribution in [2.75, 3.05) is 6.54 Å². The Morgan fingerprint density at radius 2 is 2.22 bits per heavy atom. The van der Waals surface area contributed by atoms with Crippen molar-refractivity contribution in [3.8, 4) is 5.69 Å². The summed E-state index contributed by atoms with van der Waals surface area (Å²) >= 11 is 0. The first-order valence-electron chi connectivity index (χ1n) is 6.28. The van der Waals surface area contributed by atoms with Crippen LogP contribution in [-0.2, 0) is 7.05 Å². The number of nitrogens with zero attached hydrogens (tertiary/aromatic N) is 5. The van der Waals surface area contributed by atoms with Gasteiger partial charge in [0, 0.05) is 7.05 Å². The van der Waals surface area contributed by atoms with Crippen molar-refractivity contribution in [3.63, 3.8) is 0 Å². The molecule has 6 nitrogen and oxygen atoms in total. The van der Waals surface area contributed by atoms with E-state index in [1.54, 1.807) is 10.9 Å². The Balaban J connectivity index is 2.23. The second-order valence-electron chi connectivity index (χ2n) is 4.52. The zero-order valence-electron chi connectivity index (χ0n) is 11.4. The van der Waals surface area contributed by atoms with Crippen LogP contribution in [0.5, 0.6) is 0 Å². The molecule has 0 aliphatic carbocycles. The predicted molar refractivity (Wildman–Crippen MR) is 69.6 cm³/mol. The van der Waals surface area contributed by atoms with Gasteiger partial charge in [0.25, 0.3) is 0 Å². The van der Waals surface area contributed by atoms with Gasteiger partial charge in [-0.05, 0) is 26.8 Å². The number of rotatable bonds is 5. The van der Waals surface area contributed by atoms with E-state index in [0.717, 1.165) is 30.0 Å². The number of nitrogens with one attached hydrogen (secondary N) is 1. The molecule has 0 aromatic carbocycles. The lowest BCUT2D eigenvalue weighted by Gasteiger charge is -2.11. The lowest BCUT2D eigenvalue weighted by Crippen LogP contribution is -2.20. The van der Waals surface area contributed by atoms with Crippen LogP contribution in [0.25, 0.3) is 5.69 Å². The van der Waals surface area contributed by atoms with Crippen molar-refractivity contribution in [2.24, 2.45) is 7.05 Å². The Morgan fingerprint density at radius 3 is 2.83 bits per heavy atom. The van der Waals surface area contributed by atoms with Crippen LogP contribution in [0.15, 0.2) is 12.4 Å². The zero-order valence-corrected chi connectivity index (χ0v) is 11.4. The smallest absolute Gasteiger partial charge is 0.105 e. The van der Waals surface area contributed by atoms with Gasteiger partial charge in [-0.3, -0.25) is 4.68 Å². The number of aryl methyl sites for hydroxylation is 1. The van der Waals surface area contributed by atoms with E-state index in [0.29, 0.717) is 0 Å². The van der Waals surface area contributed by atoms with Gasteiger partial charge in [0.2, 0.25) is 0 Å². The second kappa shape index (κ2) is 5.30. The molecule has 1 N–H and O–H groups in total. The van der Waals surface area contributed by atoms with Crippen LogP contribution in [0.3, 0.4) is 0 Å². The van der Waals surface area contributed by atoms with E-state index in [2.05, 4.69) is 34.6 Å². The molecule has 2 rings (SSSR count). The molecule has 0 spiro atoms. The second-order valence-corrected chi connectivity index (χ2v) is 4.52. The summed E-state index contributed by atoms with van der Waals surface area (Å²) in [6.45, 7) is 7.28. The minimum absolute atomic E-state index is 0.218. The van der Waals surface area contributed by atoms with Gasteiger partial charge in [-0.25, -0.2) is 4.68 Å². The molecule has 2 heterocycles. The molecule has 1 unspecified atom stereocenters. The van der Waals surface area contributed by atoms with E-state index in [-0.39, 0.29) is 6.04 Å². The van der Waals surface area contributed by atoms with E-state index in [4.69, 9.17) is 0 Å². The Hall–Kier alpha value is -1.69. The molecule has 0 radical (unpaired) electrons. The summed E-state index contributed by atoms with van der Waals surface area (Å²) in [5.41, 5.74) is 2.99. The van der Waals surface area contributed by atoms with Crippen molar-refractivity contribution in [1.82, 2.24) is 30.1 Å². The standard InChI is InChI=1S/C12H20N6/c1-5-6-13-9(2)12-10(3)18(16-15-12)11-7-14-17(4)8-11/h7-9,13H,5-6H2,1-4H3. The first kappa shape index (κ1) is 12.8. The maximum atomic E-state index is 4.27. The summed E-state index contributed by atoms with van der Waals surface area (Å²) in [7, 11) is 1.89. The highest BCUT2D eigenvalue weighted by Crippen LogP contribution is 2.17. The topological polar surface area (TPSA) is 60.6 Å². The fourth-order valence-electron chi connectivity index (χ4n) is 1.96. The van der Waals surface area contributed by atoms with Gasteiger partial charge >= 0.3 is 0 Å². The molecule has 6 heteroatoms. The maximum absolute atomic E-state index is 4.27. The van der Waals surface area contributed by atoms with Gasteiger partial charge in [-0.1, -0.05) is 12.1 Å². The van der Waals surface area contributed by atoms with Crippen LogP contribution in [0.1, 0.15) is 37.7 Å². The third-order valence-electron chi connectivity index (χ3n) is 2.98. The third-order valence-corrected chi connectivity index (χ3v) is 2.98. The molecular weight excluding hydrogens is 228 g/mol. The molecule has 0 amide bonds. The third kappa shape index (κ3) is 2.43. The maximum Gasteiger partial charge on any atom is 0.105 e. The quantitative estimate of drug-likeness (QED) is 0.868. The lowest BCUT2D eigenvalue weighted by molar-refractivity contribution is 0.555. The Morgan fingerprint density at radius 1 is 1.44 bits per heavy atom. The van der Waals surface area contributed by atoms with Crippen molar-refractivity contribution >= 4 is 0 Å². The summed E-state index contributed by atoms with van der Waals surface area (Å²) in [4.78, 5) is 0. The van der Waals surface area contributed by atoms with Gasteiger partial charge in [0.05, 0.1) is 24.1 Å². The molecule has 0 fully saturated rings. The Bertz CT molecular complexity index is 512. The van der Waals surface area contributed by atoms with Crippen molar-refractivity contribution < 1.29 is 0 Å². The average Bonchev–Trinajstić information content (AvgIpc) is 2.92. The molecule has 2 aromatic rings. The Kier molecular flexibility index (Phi) is 3.76. The summed E-state index contributed by atoms with van der Waals surface area (Å²) in [5, 5.41) is 16.0.